The van der Waals surface area contributed by atoms with Crippen LogP contribution in [0.3, 0.4) is 0 Å². The number of hydrogen-bond donors (Lipinski definition) is 2. The Bertz CT molecular complexity index is 378. The van der Waals surface area contributed by atoms with Crippen LogP contribution in [0.2, 0.25) is 0 Å². The Labute approximate surface area is 104 Å². The molecule has 1 atom stereocenters. The number of thiophene rings is 1. The van der Waals surface area contributed by atoms with Gasteiger partial charge in [-0.15, -0.1) is 11.3 Å². The highest BCUT2D eigenvalue weighted by Gasteiger charge is 2.19. The summed E-state index contributed by atoms with van der Waals surface area (Å²) in [5.74, 6) is -0.808. The molecule has 17 heavy (non-hydrogen) atoms. The Morgan fingerprint density at radius 2 is 2.24 bits per heavy atom. The zero-order chi connectivity index (χ0) is 12.8. The minimum Gasteiger partial charge on any atom is -0.370 e. The summed E-state index contributed by atoms with van der Waals surface area (Å²) in [5, 5.41) is 2.00. The van der Waals surface area contributed by atoms with E-state index in [2.05, 4.69) is 0 Å². The molecule has 4 N–H and O–H groups in total. The second-order valence-corrected chi connectivity index (χ2v) is 4.90. The number of amides is 2. The average Bonchev–Trinajstić information content (AvgIpc) is 2.76. The number of carbonyl (C=O) groups excluding carboxylic acids is 2. The lowest BCUT2D eigenvalue weighted by Gasteiger charge is -2.20. The van der Waals surface area contributed by atoms with Crippen molar-refractivity contribution >= 4 is 23.2 Å². The smallest absolute Gasteiger partial charge is 0.239 e. The molecule has 6 heteroatoms. The van der Waals surface area contributed by atoms with Gasteiger partial charge in [-0.2, -0.15) is 0 Å². The lowest BCUT2D eigenvalue weighted by Crippen LogP contribution is -2.44. The predicted molar refractivity (Wildman–Crippen MR) is 67.4 cm³/mol. The quantitative estimate of drug-likeness (QED) is 0.747. The number of nitrogens with zero attached hydrogens (tertiary/aromatic N) is 1. The number of carbonyl (C=O) groups is 2. The van der Waals surface area contributed by atoms with Crippen molar-refractivity contribution in [2.75, 3.05) is 13.6 Å². The molecule has 1 aromatic rings. The molecule has 1 heterocycles. The van der Waals surface area contributed by atoms with Crippen molar-refractivity contribution in [3.05, 3.63) is 22.4 Å². The van der Waals surface area contributed by atoms with Crippen molar-refractivity contribution in [1.29, 1.82) is 0 Å². The predicted octanol–water partition coefficient (Wildman–Crippen LogP) is -0.0483. The van der Waals surface area contributed by atoms with Gasteiger partial charge in [-0.1, -0.05) is 6.07 Å². The molecule has 0 radical (unpaired) electrons. The largest absolute Gasteiger partial charge is 0.370 e. The van der Waals surface area contributed by atoms with Crippen LogP contribution in [0.25, 0.3) is 0 Å². The Hall–Kier alpha value is -1.40. The lowest BCUT2D eigenvalue weighted by atomic mass is 10.2. The van der Waals surface area contributed by atoms with E-state index in [0.29, 0.717) is 6.54 Å². The van der Waals surface area contributed by atoms with Gasteiger partial charge in [-0.25, -0.2) is 0 Å². The monoisotopic (exact) mass is 255 g/mol. The zero-order valence-corrected chi connectivity index (χ0v) is 10.6. The van der Waals surface area contributed by atoms with Crippen LogP contribution >= 0.6 is 11.3 Å². The molecule has 0 fully saturated rings. The first-order valence-electron chi connectivity index (χ1n) is 5.32. The van der Waals surface area contributed by atoms with Crippen LogP contribution in [0.1, 0.15) is 11.3 Å². The minimum absolute atomic E-state index is 0.109. The molecule has 1 unspecified atom stereocenters. The van der Waals surface area contributed by atoms with Gasteiger partial charge < -0.3 is 16.4 Å². The Morgan fingerprint density at radius 1 is 1.53 bits per heavy atom. The second-order valence-electron chi connectivity index (χ2n) is 3.87. The maximum atomic E-state index is 11.7. The van der Waals surface area contributed by atoms with Gasteiger partial charge in [0.05, 0.1) is 12.5 Å². The summed E-state index contributed by atoms with van der Waals surface area (Å²) in [6.07, 6.45) is 0.686. The van der Waals surface area contributed by atoms with E-state index in [4.69, 9.17) is 11.5 Å². The lowest BCUT2D eigenvalue weighted by molar-refractivity contribution is -0.133. The molecule has 1 rings (SSSR count). The molecule has 0 saturated carbocycles. The Kier molecular flexibility index (Phi) is 5.11. The molecule has 0 aliphatic carbocycles. The Balaban J connectivity index is 2.38. The molecule has 2 amide bonds. The summed E-state index contributed by atoms with van der Waals surface area (Å²) in [7, 11) is 1.68. The van der Waals surface area contributed by atoms with E-state index in [1.54, 1.807) is 18.4 Å². The molecule has 0 aliphatic rings. The maximum Gasteiger partial charge on any atom is 0.239 e. The first kappa shape index (κ1) is 13.7. The van der Waals surface area contributed by atoms with E-state index in [1.165, 1.54) is 9.78 Å². The summed E-state index contributed by atoms with van der Waals surface area (Å²) in [4.78, 5) is 25.1. The van der Waals surface area contributed by atoms with Crippen molar-refractivity contribution in [2.24, 2.45) is 11.5 Å². The molecule has 0 aliphatic heterocycles. The average molecular weight is 255 g/mol. The third-order valence-electron chi connectivity index (χ3n) is 2.39. The van der Waals surface area contributed by atoms with Gasteiger partial charge >= 0.3 is 0 Å². The van der Waals surface area contributed by atoms with Gasteiger partial charge in [0.2, 0.25) is 11.8 Å². The normalized spacial score (nSPS) is 12.1. The highest BCUT2D eigenvalue weighted by atomic mass is 32.1. The SMILES string of the molecule is CN(CCc1cccs1)C(=O)C(N)CC(N)=O. The summed E-state index contributed by atoms with van der Waals surface area (Å²) in [6.45, 7) is 0.589. The fourth-order valence-electron chi connectivity index (χ4n) is 1.43. The summed E-state index contributed by atoms with van der Waals surface area (Å²) in [5.41, 5.74) is 10.6. The van der Waals surface area contributed by atoms with E-state index >= 15 is 0 Å². The van der Waals surface area contributed by atoms with Gasteiger partial charge in [-0.05, 0) is 17.9 Å². The molecule has 5 nitrogen and oxygen atoms in total. The van der Waals surface area contributed by atoms with E-state index in [1.807, 2.05) is 17.5 Å². The number of nitrogens with two attached hydrogens (primary N) is 2. The molecule has 94 valence electrons. The van der Waals surface area contributed by atoms with Crippen molar-refractivity contribution in [1.82, 2.24) is 4.90 Å². The summed E-state index contributed by atoms with van der Waals surface area (Å²) < 4.78 is 0. The van der Waals surface area contributed by atoms with E-state index < -0.39 is 11.9 Å². The highest BCUT2D eigenvalue weighted by Crippen LogP contribution is 2.09. The van der Waals surface area contributed by atoms with Gasteiger partial charge in [0.25, 0.3) is 0 Å². The minimum atomic E-state index is -0.833. The molecule has 0 saturated heterocycles. The van der Waals surface area contributed by atoms with Gasteiger partial charge in [0.1, 0.15) is 0 Å². The van der Waals surface area contributed by atoms with Gasteiger partial charge in [0.15, 0.2) is 0 Å². The van der Waals surface area contributed by atoms with Crippen molar-refractivity contribution in [2.45, 2.75) is 18.9 Å². The molecular weight excluding hydrogens is 238 g/mol. The van der Waals surface area contributed by atoms with Crippen LogP contribution in [-0.4, -0.2) is 36.3 Å². The highest BCUT2D eigenvalue weighted by molar-refractivity contribution is 7.09. The van der Waals surface area contributed by atoms with Crippen LogP contribution < -0.4 is 11.5 Å². The molecule has 0 bridgehead atoms. The van der Waals surface area contributed by atoms with Crippen molar-refractivity contribution < 1.29 is 9.59 Å². The van der Waals surface area contributed by atoms with Crippen LogP contribution in [0, 0.1) is 0 Å². The van der Waals surface area contributed by atoms with E-state index in [-0.39, 0.29) is 12.3 Å². The number of rotatable bonds is 6. The molecule has 0 aromatic carbocycles. The van der Waals surface area contributed by atoms with Crippen molar-refractivity contribution in [3.8, 4) is 0 Å². The fourth-order valence-corrected chi connectivity index (χ4v) is 2.13. The van der Waals surface area contributed by atoms with Gasteiger partial charge in [-0.3, -0.25) is 9.59 Å². The van der Waals surface area contributed by atoms with E-state index in [0.717, 1.165) is 6.42 Å². The standard InChI is InChI=1S/C11H17N3O2S/c1-14(5-4-8-3-2-6-17-8)11(16)9(12)7-10(13)15/h2-3,6,9H,4-5,7,12H2,1H3,(H2,13,15). The van der Waals surface area contributed by atoms with Crippen LogP contribution in [0.5, 0.6) is 0 Å². The number of hydrogen-bond acceptors (Lipinski definition) is 4. The fraction of sp³-hybridized carbons (Fsp3) is 0.455. The summed E-state index contributed by atoms with van der Waals surface area (Å²) >= 11 is 1.65. The third-order valence-corrected chi connectivity index (χ3v) is 3.32. The molecular formula is C11H17N3O2S. The van der Waals surface area contributed by atoms with Crippen LogP contribution in [-0.2, 0) is 16.0 Å². The number of likely N-dealkylation sites (N-methyl/N-ethyl adjacent to an activating group) is 1. The van der Waals surface area contributed by atoms with Crippen LogP contribution in [0.4, 0.5) is 0 Å². The maximum absolute atomic E-state index is 11.7. The zero-order valence-electron chi connectivity index (χ0n) is 9.76. The topological polar surface area (TPSA) is 89.4 Å². The van der Waals surface area contributed by atoms with E-state index in [9.17, 15) is 9.59 Å². The van der Waals surface area contributed by atoms with Crippen molar-refractivity contribution in [3.63, 3.8) is 0 Å². The third kappa shape index (κ3) is 4.54. The number of primary amides is 1. The van der Waals surface area contributed by atoms with Gasteiger partial charge in [0, 0.05) is 18.5 Å². The Morgan fingerprint density at radius 3 is 2.76 bits per heavy atom. The first-order chi connectivity index (χ1) is 8.00. The summed E-state index contributed by atoms with van der Waals surface area (Å²) in [6, 6.07) is 3.16. The molecule has 0 spiro atoms. The first-order valence-corrected chi connectivity index (χ1v) is 6.20. The molecule has 1 aromatic heterocycles. The van der Waals surface area contributed by atoms with Crippen LogP contribution in [0.15, 0.2) is 17.5 Å². The second kappa shape index (κ2) is 6.36.